The molecular weight excluding hydrogens is 439 g/mol. The molecule has 12 heteroatoms. The number of piperidine rings is 1. The van der Waals surface area contributed by atoms with Crippen LogP contribution in [0.1, 0.15) is 50.5 Å². The second-order valence-electron chi connectivity index (χ2n) is 7.62. The van der Waals surface area contributed by atoms with Gasteiger partial charge in [-0.05, 0) is 30.9 Å². The van der Waals surface area contributed by atoms with Gasteiger partial charge in [-0.1, -0.05) is 19.4 Å². The maximum atomic E-state index is 12.4. The van der Waals surface area contributed by atoms with Crippen LogP contribution in [0.2, 0.25) is 0 Å². The smallest absolute Gasteiger partial charge is 0.475 e. The molecule has 1 amide bonds. The highest BCUT2D eigenvalue weighted by Gasteiger charge is 2.49. The summed E-state index contributed by atoms with van der Waals surface area (Å²) in [4.78, 5) is 25.1. The molecular formula is C19H26F3N3O5S. The van der Waals surface area contributed by atoms with Crippen molar-refractivity contribution in [3.63, 3.8) is 0 Å². The lowest BCUT2D eigenvalue weighted by molar-refractivity contribution is -0.192. The molecule has 174 valence electrons. The molecule has 1 unspecified atom stereocenters. The number of unbranched alkanes of at least 4 members (excludes halogenated alkanes) is 1. The molecule has 2 aliphatic heterocycles. The maximum absolute atomic E-state index is 12.4. The Balaban J connectivity index is 0.000000423. The van der Waals surface area contributed by atoms with Crippen molar-refractivity contribution in [1.29, 1.82) is 0 Å². The van der Waals surface area contributed by atoms with E-state index in [2.05, 4.69) is 10.3 Å². The molecule has 3 heterocycles. The minimum Gasteiger partial charge on any atom is -0.475 e. The zero-order valence-corrected chi connectivity index (χ0v) is 17.9. The first-order valence-electron chi connectivity index (χ1n) is 9.90. The standard InChI is InChI=1S/C17H25N3O3S.C2HF3O2/c1-2-3-11-24(22,23)20-9-6-17(7-10-20)15(12-16(21)19-17)14-5-4-8-18-13-14;3-2(4,5)1(6)7/h4-5,8,13,15H,2-3,6-7,9-12H2,1H3,(H,19,21);(H,6,7). The summed E-state index contributed by atoms with van der Waals surface area (Å²) in [5.74, 6) is -2.42. The van der Waals surface area contributed by atoms with Gasteiger partial charge in [0.2, 0.25) is 15.9 Å². The Morgan fingerprint density at radius 1 is 1.35 bits per heavy atom. The van der Waals surface area contributed by atoms with Crippen LogP contribution in [0.25, 0.3) is 0 Å². The SMILES string of the molecule is CCCCS(=O)(=O)N1CCC2(CC1)NC(=O)CC2c1cccnc1.O=C(O)C(F)(F)F. The molecule has 2 N–H and O–H groups in total. The Labute approximate surface area is 178 Å². The summed E-state index contributed by atoms with van der Waals surface area (Å²) in [6, 6.07) is 3.89. The van der Waals surface area contributed by atoms with Crippen molar-refractivity contribution in [2.24, 2.45) is 0 Å². The quantitative estimate of drug-likeness (QED) is 0.689. The van der Waals surface area contributed by atoms with Gasteiger partial charge in [-0.25, -0.2) is 17.5 Å². The number of sulfonamides is 1. The van der Waals surface area contributed by atoms with E-state index in [1.165, 1.54) is 0 Å². The number of aliphatic carboxylic acids is 1. The lowest BCUT2D eigenvalue weighted by Crippen LogP contribution is -2.54. The number of nitrogens with zero attached hydrogens (tertiary/aromatic N) is 2. The lowest BCUT2D eigenvalue weighted by Gasteiger charge is -2.42. The fraction of sp³-hybridized carbons (Fsp3) is 0.632. The minimum absolute atomic E-state index is 0.0474. The zero-order valence-electron chi connectivity index (χ0n) is 17.1. The summed E-state index contributed by atoms with van der Waals surface area (Å²) >= 11 is 0. The van der Waals surface area contributed by atoms with E-state index >= 15 is 0 Å². The first kappa shape index (κ1) is 25.1. The molecule has 1 aromatic rings. The summed E-state index contributed by atoms with van der Waals surface area (Å²) < 4.78 is 58.1. The Morgan fingerprint density at radius 2 is 1.97 bits per heavy atom. The first-order valence-corrected chi connectivity index (χ1v) is 11.5. The lowest BCUT2D eigenvalue weighted by atomic mass is 9.75. The van der Waals surface area contributed by atoms with Gasteiger partial charge in [-0.15, -0.1) is 0 Å². The maximum Gasteiger partial charge on any atom is 0.490 e. The number of carbonyl (C=O) groups excluding carboxylic acids is 1. The van der Waals surface area contributed by atoms with Crippen LogP contribution in [-0.2, 0) is 19.6 Å². The number of halogens is 3. The van der Waals surface area contributed by atoms with E-state index in [1.807, 2.05) is 25.3 Å². The van der Waals surface area contributed by atoms with Crippen LogP contribution >= 0.6 is 0 Å². The number of carboxylic acid groups (broad SMARTS) is 1. The van der Waals surface area contributed by atoms with Gasteiger partial charge in [-0.3, -0.25) is 9.78 Å². The average molecular weight is 465 g/mol. The van der Waals surface area contributed by atoms with Crippen molar-refractivity contribution in [3.05, 3.63) is 30.1 Å². The highest BCUT2D eigenvalue weighted by molar-refractivity contribution is 7.89. The van der Waals surface area contributed by atoms with Crippen LogP contribution in [-0.4, -0.2) is 65.2 Å². The summed E-state index contributed by atoms with van der Waals surface area (Å²) in [6.07, 6.45) is 1.79. The van der Waals surface area contributed by atoms with Crippen molar-refractivity contribution in [2.75, 3.05) is 18.8 Å². The number of carbonyl (C=O) groups is 2. The van der Waals surface area contributed by atoms with Crippen LogP contribution in [0.4, 0.5) is 13.2 Å². The molecule has 0 aromatic carbocycles. The number of nitrogens with one attached hydrogen (secondary N) is 1. The molecule has 8 nitrogen and oxygen atoms in total. The molecule has 2 aliphatic rings. The Bertz CT molecular complexity index is 870. The summed E-state index contributed by atoms with van der Waals surface area (Å²) in [6.45, 7) is 2.94. The van der Waals surface area contributed by atoms with Crippen molar-refractivity contribution in [1.82, 2.24) is 14.6 Å². The third kappa shape index (κ3) is 6.39. The van der Waals surface area contributed by atoms with Crippen molar-refractivity contribution >= 4 is 21.9 Å². The molecule has 1 aromatic heterocycles. The number of amides is 1. The van der Waals surface area contributed by atoms with Gasteiger partial charge < -0.3 is 10.4 Å². The molecule has 2 saturated heterocycles. The normalized spacial score (nSPS) is 21.3. The second-order valence-corrected chi connectivity index (χ2v) is 9.71. The zero-order chi connectivity index (χ0) is 23.3. The fourth-order valence-corrected chi connectivity index (χ4v) is 5.56. The highest BCUT2D eigenvalue weighted by atomic mass is 32.2. The van der Waals surface area contributed by atoms with E-state index in [9.17, 15) is 26.4 Å². The van der Waals surface area contributed by atoms with Crippen molar-refractivity contribution < 1.29 is 36.3 Å². The predicted octanol–water partition coefficient (Wildman–Crippen LogP) is 2.28. The molecule has 2 fully saturated rings. The molecule has 0 radical (unpaired) electrons. The van der Waals surface area contributed by atoms with E-state index in [0.29, 0.717) is 38.8 Å². The predicted molar refractivity (Wildman–Crippen MR) is 106 cm³/mol. The van der Waals surface area contributed by atoms with Gasteiger partial charge in [0, 0.05) is 43.4 Å². The van der Waals surface area contributed by atoms with Gasteiger partial charge >= 0.3 is 12.1 Å². The molecule has 0 aliphatic carbocycles. The number of hydrogen-bond acceptors (Lipinski definition) is 5. The van der Waals surface area contributed by atoms with Crippen molar-refractivity contribution in [3.8, 4) is 0 Å². The van der Waals surface area contributed by atoms with Gasteiger partial charge in [0.1, 0.15) is 0 Å². The minimum atomic E-state index is -5.08. The number of pyridine rings is 1. The Morgan fingerprint density at radius 3 is 2.45 bits per heavy atom. The van der Waals surface area contributed by atoms with E-state index in [4.69, 9.17) is 9.90 Å². The van der Waals surface area contributed by atoms with Gasteiger partial charge in [-0.2, -0.15) is 13.2 Å². The van der Waals surface area contributed by atoms with Crippen LogP contribution < -0.4 is 5.32 Å². The van der Waals surface area contributed by atoms with Crippen LogP contribution in [0, 0.1) is 0 Å². The average Bonchev–Trinajstić information content (AvgIpc) is 3.02. The van der Waals surface area contributed by atoms with E-state index in [-0.39, 0.29) is 23.1 Å². The number of aromatic nitrogens is 1. The van der Waals surface area contributed by atoms with Gasteiger partial charge in [0.25, 0.3) is 0 Å². The Kier molecular flexibility index (Phi) is 8.04. The van der Waals surface area contributed by atoms with Crippen molar-refractivity contribution in [2.45, 2.75) is 56.7 Å². The second kappa shape index (κ2) is 9.94. The first-order chi connectivity index (χ1) is 14.4. The van der Waals surface area contributed by atoms with Gasteiger partial charge in [0.15, 0.2) is 0 Å². The number of hydrogen-bond donors (Lipinski definition) is 2. The van der Waals surface area contributed by atoms with Crippen LogP contribution in [0.3, 0.4) is 0 Å². The van der Waals surface area contributed by atoms with E-state index in [1.54, 1.807) is 10.5 Å². The number of carboxylic acids is 1. The largest absolute Gasteiger partial charge is 0.490 e. The summed E-state index contributed by atoms with van der Waals surface area (Å²) in [5, 5.41) is 10.3. The Hall–Kier alpha value is -2.21. The van der Waals surface area contributed by atoms with E-state index in [0.717, 1.165) is 12.0 Å². The van der Waals surface area contributed by atoms with Crippen LogP contribution in [0.15, 0.2) is 24.5 Å². The van der Waals surface area contributed by atoms with E-state index < -0.39 is 22.2 Å². The molecule has 0 bridgehead atoms. The third-order valence-electron chi connectivity index (χ3n) is 5.54. The van der Waals surface area contributed by atoms with Gasteiger partial charge in [0.05, 0.1) is 5.75 Å². The molecule has 1 atom stereocenters. The van der Waals surface area contributed by atoms with Crippen LogP contribution in [0.5, 0.6) is 0 Å². The number of alkyl halides is 3. The fourth-order valence-electron chi connectivity index (χ4n) is 3.91. The highest BCUT2D eigenvalue weighted by Crippen LogP contribution is 2.43. The summed E-state index contributed by atoms with van der Waals surface area (Å²) in [7, 11) is -3.18. The molecule has 0 saturated carbocycles. The molecule has 3 rings (SSSR count). The topological polar surface area (TPSA) is 117 Å². The monoisotopic (exact) mass is 465 g/mol. The third-order valence-corrected chi connectivity index (χ3v) is 7.49. The molecule has 1 spiro atoms. The summed E-state index contributed by atoms with van der Waals surface area (Å²) in [5.41, 5.74) is 0.717. The molecule has 31 heavy (non-hydrogen) atoms. The number of rotatable bonds is 5.